The van der Waals surface area contributed by atoms with E-state index in [1.165, 1.54) is 12.4 Å². The van der Waals surface area contributed by atoms with Crippen LogP contribution >= 0.6 is 0 Å². The lowest BCUT2D eigenvalue weighted by Gasteiger charge is -2.36. The number of aliphatic hydroxyl groups excluding tert-OH is 1. The third-order valence-electron chi connectivity index (χ3n) is 4.31. The number of aliphatic hydroxyl groups is 1. The molecule has 140 valence electrons. The van der Waals surface area contributed by atoms with Gasteiger partial charge in [0.15, 0.2) is 0 Å². The third-order valence-corrected chi connectivity index (χ3v) is 4.31. The molecule has 0 spiro atoms. The quantitative estimate of drug-likeness (QED) is 0.321. The number of carbonyl (C=O) groups excluding carboxylic acids is 1. The number of nitrogens with one attached hydrogen (secondary N) is 1. The van der Waals surface area contributed by atoms with E-state index in [-0.39, 0.29) is 5.56 Å². The Hall–Kier alpha value is -3.39. The predicted octanol–water partition coefficient (Wildman–Crippen LogP) is 1.83. The van der Waals surface area contributed by atoms with Gasteiger partial charge in [-0.2, -0.15) is 0 Å². The average molecular weight is 367 g/mol. The Morgan fingerprint density at radius 3 is 2.33 bits per heavy atom. The van der Waals surface area contributed by atoms with E-state index in [1.807, 2.05) is 47.4 Å². The van der Waals surface area contributed by atoms with Crippen molar-refractivity contribution in [3.05, 3.63) is 71.9 Å². The predicted molar refractivity (Wildman–Crippen MR) is 101 cm³/mol. The van der Waals surface area contributed by atoms with Crippen LogP contribution in [0.15, 0.2) is 60.8 Å². The van der Waals surface area contributed by atoms with Crippen molar-refractivity contribution in [1.82, 2.24) is 20.3 Å². The molecule has 0 atom stereocenters. The van der Waals surface area contributed by atoms with Crippen LogP contribution in [-0.4, -0.2) is 57.3 Å². The summed E-state index contributed by atoms with van der Waals surface area (Å²) in [6.45, 7) is 2.77. The van der Waals surface area contributed by atoms with Gasteiger partial charge in [-0.25, -0.2) is 15.4 Å². The second kappa shape index (κ2) is 8.81. The van der Waals surface area contributed by atoms with Crippen molar-refractivity contribution >= 4 is 17.9 Å². The fraction of sp³-hybridized carbons (Fsp3) is 0.211. The molecule has 0 radical (unpaired) electrons. The molecule has 0 bridgehead atoms. The zero-order chi connectivity index (χ0) is 19.1. The molecule has 2 heterocycles. The van der Waals surface area contributed by atoms with Gasteiger partial charge in [-0.3, -0.25) is 10.0 Å². The first kappa shape index (κ1) is 18.4. The molecule has 0 aliphatic carbocycles. The second-order valence-corrected chi connectivity index (χ2v) is 5.98. The maximum Gasteiger partial charge on any atom is 0.277 e. The molecule has 1 amide bonds. The van der Waals surface area contributed by atoms with E-state index in [1.54, 1.807) is 5.48 Å². The summed E-state index contributed by atoms with van der Waals surface area (Å²) < 4.78 is 0. The molecule has 1 aromatic carbocycles. The lowest BCUT2D eigenvalue weighted by Crippen LogP contribution is -2.46. The molecule has 2 aromatic rings. The smallest absolute Gasteiger partial charge is 0.277 e. The maximum absolute atomic E-state index is 11.3. The van der Waals surface area contributed by atoms with Gasteiger partial charge in [0.1, 0.15) is 6.26 Å². The van der Waals surface area contributed by atoms with Gasteiger partial charge in [-0.15, -0.1) is 0 Å². The Balaban J connectivity index is 1.59. The molecule has 1 saturated heterocycles. The number of benzene rings is 1. The molecule has 3 N–H and O–H groups in total. The summed E-state index contributed by atoms with van der Waals surface area (Å²) in [4.78, 5) is 23.8. The minimum atomic E-state index is -0.644. The highest BCUT2D eigenvalue weighted by Crippen LogP contribution is 2.16. The summed E-state index contributed by atoms with van der Waals surface area (Å²) in [6, 6.07) is 9.90. The van der Waals surface area contributed by atoms with Crippen molar-refractivity contribution in [2.75, 3.05) is 31.1 Å². The molecule has 1 aliphatic heterocycles. The van der Waals surface area contributed by atoms with Crippen LogP contribution in [-0.2, 0) is 0 Å². The van der Waals surface area contributed by atoms with Crippen LogP contribution in [0, 0.1) is 0 Å². The van der Waals surface area contributed by atoms with Crippen molar-refractivity contribution in [3.8, 4) is 0 Å². The molecule has 3 rings (SSSR count). The van der Waals surface area contributed by atoms with Crippen molar-refractivity contribution < 1.29 is 15.1 Å². The molecule has 8 nitrogen and oxygen atoms in total. The zero-order valence-corrected chi connectivity index (χ0v) is 14.7. The monoisotopic (exact) mass is 367 g/mol. The average Bonchev–Trinajstić information content (AvgIpc) is 2.75. The van der Waals surface area contributed by atoms with Crippen molar-refractivity contribution in [1.29, 1.82) is 0 Å². The maximum atomic E-state index is 11.3. The number of hydrogen-bond donors (Lipinski definition) is 3. The van der Waals surface area contributed by atoms with Gasteiger partial charge in [0.2, 0.25) is 5.95 Å². The van der Waals surface area contributed by atoms with Crippen LogP contribution in [0.1, 0.15) is 15.9 Å². The van der Waals surface area contributed by atoms with Gasteiger partial charge in [0.05, 0.1) is 11.3 Å². The van der Waals surface area contributed by atoms with Crippen molar-refractivity contribution in [2.45, 2.75) is 0 Å². The number of amides is 1. The minimum absolute atomic E-state index is 0.191. The molecule has 8 heteroatoms. The van der Waals surface area contributed by atoms with Crippen LogP contribution < -0.4 is 10.4 Å². The summed E-state index contributed by atoms with van der Waals surface area (Å²) >= 11 is 0. The van der Waals surface area contributed by atoms with Gasteiger partial charge in [0.25, 0.3) is 5.91 Å². The molecule has 27 heavy (non-hydrogen) atoms. The molecule has 1 aromatic heterocycles. The number of allylic oxidation sites excluding steroid dienone is 1. The van der Waals surface area contributed by atoms with E-state index in [0.717, 1.165) is 17.5 Å². The molecular formula is C19H21N5O3. The standard InChI is InChI=1S/C19H21N5O3/c25-14-17(7-6-15-4-2-1-3-5-15)23-8-10-24(11-9-23)19-20-12-16(13-21-19)18(26)22-27/h1-7,12-14,25,27H,8-11H2,(H,22,26)/b7-6+,17-14+. The lowest BCUT2D eigenvalue weighted by atomic mass is 10.2. The summed E-state index contributed by atoms with van der Waals surface area (Å²) in [5, 5.41) is 18.2. The molecule has 0 unspecified atom stereocenters. The van der Waals surface area contributed by atoms with Crippen LogP contribution in [0.4, 0.5) is 5.95 Å². The fourth-order valence-corrected chi connectivity index (χ4v) is 2.81. The second-order valence-electron chi connectivity index (χ2n) is 5.98. The molecule has 0 saturated carbocycles. The minimum Gasteiger partial charge on any atom is -0.513 e. The van der Waals surface area contributed by atoms with Crippen LogP contribution in [0.2, 0.25) is 0 Å². The number of carbonyl (C=O) groups is 1. The van der Waals surface area contributed by atoms with E-state index in [2.05, 4.69) is 14.9 Å². The number of piperazine rings is 1. The molecule has 1 fully saturated rings. The summed E-state index contributed by atoms with van der Waals surface area (Å²) in [5.41, 5.74) is 3.55. The normalized spacial score (nSPS) is 15.2. The first-order valence-electron chi connectivity index (χ1n) is 8.55. The zero-order valence-electron chi connectivity index (χ0n) is 14.7. The number of nitrogens with zero attached hydrogens (tertiary/aromatic N) is 4. The van der Waals surface area contributed by atoms with Crippen LogP contribution in [0.5, 0.6) is 0 Å². The van der Waals surface area contributed by atoms with E-state index in [0.29, 0.717) is 32.1 Å². The fourth-order valence-electron chi connectivity index (χ4n) is 2.81. The van der Waals surface area contributed by atoms with E-state index in [9.17, 15) is 9.90 Å². The lowest BCUT2D eigenvalue weighted by molar-refractivity contribution is 0.0705. The van der Waals surface area contributed by atoms with Gasteiger partial charge in [0, 0.05) is 38.6 Å². The first-order valence-corrected chi connectivity index (χ1v) is 8.55. The van der Waals surface area contributed by atoms with Gasteiger partial charge < -0.3 is 14.9 Å². The Morgan fingerprint density at radius 1 is 1.07 bits per heavy atom. The van der Waals surface area contributed by atoms with Gasteiger partial charge in [-0.05, 0) is 11.6 Å². The Kier molecular flexibility index (Phi) is 6.01. The molecule has 1 aliphatic rings. The number of aromatic nitrogens is 2. The van der Waals surface area contributed by atoms with Crippen molar-refractivity contribution in [2.24, 2.45) is 0 Å². The summed E-state index contributed by atoms with van der Waals surface area (Å²) in [5.74, 6) is -0.118. The van der Waals surface area contributed by atoms with Gasteiger partial charge in [-0.1, -0.05) is 36.4 Å². The number of hydrogen-bond acceptors (Lipinski definition) is 7. The molecular weight excluding hydrogens is 346 g/mol. The van der Waals surface area contributed by atoms with Crippen LogP contribution in [0.25, 0.3) is 6.08 Å². The number of anilines is 1. The van der Waals surface area contributed by atoms with E-state index < -0.39 is 5.91 Å². The highest BCUT2D eigenvalue weighted by Gasteiger charge is 2.20. The largest absolute Gasteiger partial charge is 0.513 e. The SMILES string of the molecule is O=C(NO)c1cnc(N2CCN(C(/C=C/c3ccccc3)=C/O)CC2)nc1. The number of hydroxylamine groups is 1. The summed E-state index contributed by atoms with van der Waals surface area (Å²) in [7, 11) is 0. The first-order chi connectivity index (χ1) is 13.2. The van der Waals surface area contributed by atoms with Crippen molar-refractivity contribution in [3.63, 3.8) is 0 Å². The van der Waals surface area contributed by atoms with E-state index >= 15 is 0 Å². The van der Waals surface area contributed by atoms with Gasteiger partial charge >= 0.3 is 0 Å². The summed E-state index contributed by atoms with van der Waals surface area (Å²) in [6.07, 6.45) is 7.73. The Bertz CT molecular complexity index is 813. The number of rotatable bonds is 5. The van der Waals surface area contributed by atoms with Crippen LogP contribution in [0.3, 0.4) is 0 Å². The Labute approximate surface area is 157 Å². The Morgan fingerprint density at radius 2 is 1.74 bits per heavy atom. The van der Waals surface area contributed by atoms with E-state index in [4.69, 9.17) is 5.21 Å². The topological polar surface area (TPSA) is 102 Å². The highest BCUT2D eigenvalue weighted by atomic mass is 16.5. The third kappa shape index (κ3) is 4.62. The highest BCUT2D eigenvalue weighted by molar-refractivity contribution is 5.92.